The van der Waals surface area contributed by atoms with Crippen LogP contribution in [0.2, 0.25) is 0 Å². The van der Waals surface area contributed by atoms with Crippen LogP contribution >= 0.6 is 0 Å². The van der Waals surface area contributed by atoms with Crippen LogP contribution in [0.5, 0.6) is 0 Å². The Hall–Kier alpha value is -1.92. The Labute approximate surface area is 443 Å². The Kier molecular flexibility index (Phi) is 59.0. The highest BCUT2D eigenvalue weighted by molar-refractivity contribution is 5.76. The van der Waals surface area contributed by atoms with Crippen molar-refractivity contribution in [2.45, 2.75) is 353 Å². The van der Waals surface area contributed by atoms with Crippen molar-refractivity contribution in [1.29, 1.82) is 0 Å². The monoisotopic (exact) mass is 998 g/mol. The number of esters is 1. The zero-order valence-corrected chi connectivity index (χ0v) is 47.7. The van der Waals surface area contributed by atoms with Crippen LogP contribution in [-0.4, -0.2) is 47.4 Å². The third-order valence-electron chi connectivity index (χ3n) is 14.6. The normalized spacial score (nSPS) is 12.8. The minimum Gasteiger partial charge on any atom is -0.466 e. The van der Waals surface area contributed by atoms with E-state index < -0.39 is 12.1 Å². The number of nitrogens with one attached hydrogen (secondary N) is 1. The third-order valence-corrected chi connectivity index (χ3v) is 14.6. The molecule has 71 heavy (non-hydrogen) atoms. The fourth-order valence-electron chi connectivity index (χ4n) is 9.74. The molecule has 2 unspecified atom stereocenters. The van der Waals surface area contributed by atoms with Gasteiger partial charge in [0.2, 0.25) is 5.91 Å². The Morgan fingerprint density at radius 1 is 0.380 bits per heavy atom. The van der Waals surface area contributed by atoms with Gasteiger partial charge in [0.25, 0.3) is 0 Å². The predicted molar refractivity (Wildman–Crippen MR) is 310 cm³/mol. The van der Waals surface area contributed by atoms with Gasteiger partial charge >= 0.3 is 5.97 Å². The number of hydrogen-bond acceptors (Lipinski definition) is 5. The van der Waals surface area contributed by atoms with E-state index in [1.807, 2.05) is 6.08 Å². The van der Waals surface area contributed by atoms with Crippen molar-refractivity contribution in [1.82, 2.24) is 5.32 Å². The Morgan fingerprint density at radius 3 is 1.00 bits per heavy atom. The smallest absolute Gasteiger partial charge is 0.305 e. The van der Waals surface area contributed by atoms with Crippen LogP contribution in [0.1, 0.15) is 341 Å². The van der Waals surface area contributed by atoms with Crippen LogP contribution < -0.4 is 5.32 Å². The Morgan fingerprint density at radius 2 is 0.662 bits per heavy atom. The van der Waals surface area contributed by atoms with Crippen LogP contribution in [0.4, 0.5) is 0 Å². The van der Waals surface area contributed by atoms with Gasteiger partial charge in [-0.05, 0) is 83.5 Å². The summed E-state index contributed by atoms with van der Waals surface area (Å²) in [6.45, 7) is 4.89. The average molecular weight is 999 g/mol. The highest BCUT2D eigenvalue weighted by Crippen LogP contribution is 2.17. The molecule has 418 valence electrons. The maximum Gasteiger partial charge on any atom is 0.305 e. The highest BCUT2D eigenvalue weighted by Gasteiger charge is 2.18. The molecule has 0 saturated heterocycles. The molecule has 6 nitrogen and oxygen atoms in total. The highest BCUT2D eigenvalue weighted by atomic mass is 16.5. The van der Waals surface area contributed by atoms with Crippen molar-refractivity contribution >= 4 is 11.9 Å². The molecule has 0 heterocycles. The molecule has 0 spiro atoms. The van der Waals surface area contributed by atoms with Gasteiger partial charge in [-0.25, -0.2) is 0 Å². The SMILES string of the molecule is CCCCCCC/C=C\CCCCCCCC(=O)OCCCCCCCC/C=C\CCCCCCCCCC(=O)NC(CO)C(O)/C=C/CCCCCCCCCCCCCCCCCCCCCCC. The molecule has 0 aliphatic heterocycles. The molecule has 0 aromatic carbocycles. The summed E-state index contributed by atoms with van der Waals surface area (Å²) in [6, 6.07) is -0.639. The molecule has 0 saturated carbocycles. The van der Waals surface area contributed by atoms with Crippen molar-refractivity contribution in [3.8, 4) is 0 Å². The van der Waals surface area contributed by atoms with Crippen LogP contribution in [0.15, 0.2) is 36.5 Å². The molecule has 0 radical (unpaired) electrons. The summed E-state index contributed by atoms with van der Waals surface area (Å²) in [5, 5.41) is 23.2. The number of aliphatic hydroxyl groups excluding tert-OH is 2. The minimum atomic E-state index is -0.854. The van der Waals surface area contributed by atoms with E-state index in [0.717, 1.165) is 57.8 Å². The molecule has 0 fully saturated rings. The molecule has 0 bridgehead atoms. The van der Waals surface area contributed by atoms with Crippen LogP contribution in [0, 0.1) is 0 Å². The minimum absolute atomic E-state index is 0.0110. The number of aliphatic hydroxyl groups is 2. The topological polar surface area (TPSA) is 95.9 Å². The summed E-state index contributed by atoms with van der Waals surface area (Å²) >= 11 is 0. The number of hydrogen-bond donors (Lipinski definition) is 3. The lowest BCUT2D eigenvalue weighted by molar-refractivity contribution is -0.143. The van der Waals surface area contributed by atoms with Gasteiger partial charge in [0.15, 0.2) is 0 Å². The van der Waals surface area contributed by atoms with Gasteiger partial charge in [0.05, 0.1) is 25.4 Å². The lowest BCUT2D eigenvalue weighted by Crippen LogP contribution is -2.45. The summed E-state index contributed by atoms with van der Waals surface area (Å²) in [7, 11) is 0. The number of rotatable bonds is 59. The third kappa shape index (κ3) is 57.2. The van der Waals surface area contributed by atoms with Crippen molar-refractivity contribution in [3.63, 3.8) is 0 Å². The van der Waals surface area contributed by atoms with Gasteiger partial charge < -0.3 is 20.3 Å². The van der Waals surface area contributed by atoms with E-state index in [-0.39, 0.29) is 18.5 Å². The van der Waals surface area contributed by atoms with E-state index >= 15 is 0 Å². The van der Waals surface area contributed by atoms with Gasteiger partial charge in [-0.1, -0.05) is 281 Å². The van der Waals surface area contributed by atoms with E-state index in [4.69, 9.17) is 4.74 Å². The van der Waals surface area contributed by atoms with Crippen molar-refractivity contribution in [3.05, 3.63) is 36.5 Å². The molecule has 1 amide bonds. The number of allylic oxidation sites excluding steroid dienone is 5. The second-order valence-electron chi connectivity index (χ2n) is 21.7. The first-order valence-electron chi connectivity index (χ1n) is 31.8. The van der Waals surface area contributed by atoms with Crippen molar-refractivity contribution < 1.29 is 24.5 Å². The first kappa shape index (κ1) is 69.1. The van der Waals surface area contributed by atoms with Crippen LogP contribution in [0.3, 0.4) is 0 Å². The first-order valence-corrected chi connectivity index (χ1v) is 31.8. The zero-order chi connectivity index (χ0) is 51.4. The lowest BCUT2D eigenvalue weighted by Gasteiger charge is -2.20. The fraction of sp³-hybridized carbons (Fsp3) is 0.877. The molecule has 2 atom stereocenters. The summed E-state index contributed by atoms with van der Waals surface area (Å²) in [4.78, 5) is 24.5. The van der Waals surface area contributed by atoms with Crippen LogP contribution in [-0.2, 0) is 14.3 Å². The standard InChI is InChI=1S/C65H123NO5/c1-3-5-7-9-11-13-15-17-19-20-21-22-23-24-25-27-30-33-37-41-45-49-53-57-63(68)62(61-67)66-64(69)58-54-50-46-42-38-34-31-28-26-29-32-36-40-44-48-52-56-60-71-65(70)59-55-51-47-43-39-35-18-16-14-12-10-8-6-4-2/h16,18,26,29,53,57,62-63,67-68H,3-15,17,19-25,27-28,30-52,54-56,58-61H2,1-2H3,(H,66,69)/b18-16-,29-26-,57-53+. The number of carbonyl (C=O) groups excluding carboxylic acids is 2. The molecule has 0 aromatic rings. The van der Waals surface area contributed by atoms with Gasteiger partial charge in [0.1, 0.15) is 0 Å². The largest absolute Gasteiger partial charge is 0.466 e. The number of ether oxygens (including phenoxy) is 1. The van der Waals surface area contributed by atoms with Gasteiger partial charge in [0, 0.05) is 12.8 Å². The average Bonchev–Trinajstić information content (AvgIpc) is 3.37. The molecule has 0 rings (SSSR count). The van der Waals surface area contributed by atoms with Crippen molar-refractivity contribution in [2.24, 2.45) is 0 Å². The molecule has 6 heteroatoms. The molecule has 3 N–H and O–H groups in total. The summed E-state index contributed by atoms with van der Waals surface area (Å²) in [6.07, 6.45) is 76.1. The van der Waals surface area contributed by atoms with E-state index in [2.05, 4.69) is 43.5 Å². The summed E-state index contributed by atoms with van der Waals surface area (Å²) < 4.78 is 5.47. The second kappa shape index (κ2) is 60.6. The predicted octanol–water partition coefficient (Wildman–Crippen LogP) is 20.0. The van der Waals surface area contributed by atoms with Gasteiger partial charge in [-0.3, -0.25) is 9.59 Å². The molecular formula is C65H123NO5. The second-order valence-corrected chi connectivity index (χ2v) is 21.7. The zero-order valence-electron chi connectivity index (χ0n) is 47.7. The quantitative estimate of drug-likeness (QED) is 0.0321. The van der Waals surface area contributed by atoms with Gasteiger partial charge in [-0.15, -0.1) is 0 Å². The summed E-state index contributed by atoms with van der Waals surface area (Å²) in [5.74, 6) is -0.0884. The van der Waals surface area contributed by atoms with E-state index in [1.54, 1.807) is 6.08 Å². The maximum atomic E-state index is 12.5. The summed E-state index contributed by atoms with van der Waals surface area (Å²) in [5.41, 5.74) is 0. The fourth-order valence-corrected chi connectivity index (χ4v) is 9.74. The maximum absolute atomic E-state index is 12.5. The van der Waals surface area contributed by atoms with Gasteiger partial charge in [-0.2, -0.15) is 0 Å². The molecular weight excluding hydrogens is 875 g/mol. The molecule has 0 aliphatic rings. The number of carbonyl (C=O) groups is 2. The first-order chi connectivity index (χ1) is 35.0. The number of amides is 1. The van der Waals surface area contributed by atoms with Crippen molar-refractivity contribution in [2.75, 3.05) is 13.2 Å². The van der Waals surface area contributed by atoms with E-state index in [0.29, 0.717) is 19.4 Å². The number of unbranched alkanes of at least 4 members (excludes halogenated alkanes) is 44. The van der Waals surface area contributed by atoms with Crippen LogP contribution in [0.25, 0.3) is 0 Å². The molecule has 0 aromatic heterocycles. The lowest BCUT2D eigenvalue weighted by atomic mass is 10.0. The molecule has 0 aliphatic carbocycles. The van der Waals surface area contributed by atoms with E-state index in [9.17, 15) is 19.8 Å². The Bertz CT molecular complexity index is 1150. The van der Waals surface area contributed by atoms with E-state index in [1.165, 1.54) is 257 Å². The Balaban J connectivity index is 3.49.